The van der Waals surface area contributed by atoms with Gasteiger partial charge in [0.15, 0.2) is 0 Å². The van der Waals surface area contributed by atoms with Crippen molar-refractivity contribution in [2.75, 3.05) is 33.2 Å². The summed E-state index contributed by atoms with van der Waals surface area (Å²) in [7, 11) is 2.01. The third kappa shape index (κ3) is 2.83. The Kier molecular flexibility index (Phi) is 4.44. The summed E-state index contributed by atoms with van der Waals surface area (Å²) in [5.41, 5.74) is 1.34. The summed E-state index contributed by atoms with van der Waals surface area (Å²) < 4.78 is 6.51. The van der Waals surface area contributed by atoms with Gasteiger partial charge in [-0.1, -0.05) is 6.07 Å². The molecule has 0 radical (unpaired) electrons. The summed E-state index contributed by atoms with van der Waals surface area (Å²) in [6, 6.07) is 4.71. The molecule has 24 heavy (non-hydrogen) atoms. The zero-order chi connectivity index (χ0) is 17.4. The summed E-state index contributed by atoms with van der Waals surface area (Å²) in [6.45, 7) is 6.34. The minimum atomic E-state index is -0.444. The van der Waals surface area contributed by atoms with Crippen LogP contribution < -0.4 is 9.80 Å². The second-order valence-electron chi connectivity index (χ2n) is 6.37. The van der Waals surface area contributed by atoms with Gasteiger partial charge >= 0.3 is 11.8 Å². The van der Waals surface area contributed by atoms with E-state index in [2.05, 4.69) is 4.90 Å². The fraction of sp³-hybridized carbons (Fsp3) is 0.500. The van der Waals surface area contributed by atoms with E-state index in [0.29, 0.717) is 30.2 Å². The van der Waals surface area contributed by atoms with Crippen molar-refractivity contribution in [1.82, 2.24) is 9.80 Å². The first-order valence-corrected chi connectivity index (χ1v) is 8.07. The molecule has 0 saturated carbocycles. The third-order valence-electron chi connectivity index (χ3n) is 4.82. The number of hydrogen-bond donors (Lipinski definition) is 3. The average Bonchev–Trinajstić information content (AvgIpc) is 2.58. The Bertz CT molecular complexity index is 683. The molecule has 1 aromatic carbocycles. The first kappa shape index (κ1) is 16.7. The van der Waals surface area contributed by atoms with Crippen molar-refractivity contribution in [3.63, 3.8) is 0 Å². The molecule has 1 aromatic rings. The number of piperazine rings is 1. The van der Waals surface area contributed by atoms with Crippen LogP contribution in [0.4, 0.5) is 16.2 Å². The molecule has 1 fully saturated rings. The molecule has 2 heterocycles. The van der Waals surface area contributed by atoms with Gasteiger partial charge in [-0.3, -0.25) is 5.21 Å². The Morgan fingerprint density at radius 2 is 2.00 bits per heavy atom. The van der Waals surface area contributed by atoms with Crippen LogP contribution in [0.1, 0.15) is 13.8 Å². The van der Waals surface area contributed by atoms with E-state index in [4.69, 9.17) is 4.74 Å². The topological polar surface area (TPSA) is 80.7 Å². The van der Waals surface area contributed by atoms with E-state index in [1.807, 2.05) is 7.05 Å². The second kappa shape index (κ2) is 6.39. The average molecular weight is 336 g/mol. The van der Waals surface area contributed by atoms with E-state index >= 15 is 0 Å². The quantitative estimate of drug-likeness (QED) is 0.505. The van der Waals surface area contributed by atoms with Gasteiger partial charge in [0.05, 0.1) is 0 Å². The Hall–Kier alpha value is -2.16. The molecule has 2 unspecified atom stereocenters. The number of amides is 1. The largest absolute Gasteiger partial charge is 0.415 e. The van der Waals surface area contributed by atoms with Gasteiger partial charge in [-0.15, -0.1) is 5.06 Å². The van der Waals surface area contributed by atoms with E-state index in [1.165, 1.54) is 0 Å². The van der Waals surface area contributed by atoms with Crippen LogP contribution in [0.15, 0.2) is 18.2 Å². The van der Waals surface area contributed by atoms with Crippen LogP contribution >= 0.6 is 0 Å². The number of quaternary nitrogens is 1. The molecule has 0 spiro atoms. The summed E-state index contributed by atoms with van der Waals surface area (Å²) in [5.74, 6) is 0.233. The van der Waals surface area contributed by atoms with Crippen molar-refractivity contribution in [2.24, 2.45) is 0 Å². The maximum Gasteiger partial charge on any atom is 0.415 e. The minimum Gasteiger partial charge on any atom is -0.403 e. The number of benzene rings is 1. The molecular formula is C16H24N4O4+2. The van der Waals surface area contributed by atoms with E-state index in [0.717, 1.165) is 17.8 Å². The summed E-state index contributed by atoms with van der Waals surface area (Å²) in [4.78, 5) is 16.2. The van der Waals surface area contributed by atoms with Gasteiger partial charge in [-0.05, 0) is 13.1 Å². The molecule has 2 atom stereocenters. The van der Waals surface area contributed by atoms with Gasteiger partial charge in [0, 0.05) is 50.8 Å². The number of likely N-dealkylation sites (N-methyl/N-ethyl adjacent to an activating group) is 1. The summed E-state index contributed by atoms with van der Waals surface area (Å²) in [6.07, 6.45) is -0.444. The van der Waals surface area contributed by atoms with Gasteiger partial charge in [0.2, 0.25) is 17.5 Å². The lowest BCUT2D eigenvalue weighted by Gasteiger charge is -2.31. The van der Waals surface area contributed by atoms with Crippen molar-refractivity contribution in [3.8, 4) is 5.75 Å². The number of nitrogens with one attached hydrogen (secondary N) is 1. The van der Waals surface area contributed by atoms with Crippen LogP contribution in [0, 0.1) is 0 Å². The Morgan fingerprint density at radius 1 is 1.33 bits per heavy atom. The van der Waals surface area contributed by atoms with Crippen LogP contribution in [0.5, 0.6) is 5.75 Å². The number of hydroxylamine groups is 1. The standard InChI is InChI=1S/C16H23N4O4/c1-11-12(2)20(23)15-13(19(11)22)5-4-6-14(15)24-16(21)18-9-7-17(3)8-10-18/h4-6,11,22-23H,7-10H2,1-3H3/q+1/p+1. The van der Waals surface area contributed by atoms with E-state index in [9.17, 15) is 15.2 Å². The van der Waals surface area contributed by atoms with Crippen molar-refractivity contribution >= 4 is 23.2 Å². The number of carbonyl (C=O) groups is 1. The molecule has 1 saturated heterocycles. The van der Waals surface area contributed by atoms with Crippen molar-refractivity contribution in [1.29, 1.82) is 0 Å². The number of ether oxygens (including phenoxy) is 1. The fourth-order valence-electron chi connectivity index (χ4n) is 2.97. The van der Waals surface area contributed by atoms with Gasteiger partial charge in [0.25, 0.3) is 5.71 Å². The molecule has 8 heteroatoms. The molecule has 130 valence electrons. The first-order valence-electron chi connectivity index (χ1n) is 8.07. The number of nitrogens with zero attached hydrogens (tertiary/aromatic N) is 3. The maximum absolute atomic E-state index is 12.4. The highest BCUT2D eigenvalue weighted by atomic mass is 16.6. The van der Waals surface area contributed by atoms with Crippen molar-refractivity contribution in [3.05, 3.63) is 18.2 Å². The highest BCUT2D eigenvalue weighted by Crippen LogP contribution is 2.34. The Balaban J connectivity index is 1.88. The van der Waals surface area contributed by atoms with Crippen LogP contribution in [0.25, 0.3) is 0 Å². The number of para-hydroxylation sites is 1. The molecule has 3 N–H and O–H groups in total. The summed E-state index contributed by atoms with van der Waals surface area (Å²) in [5, 5.41) is 20.9. The van der Waals surface area contributed by atoms with E-state index in [-0.39, 0.29) is 16.9 Å². The zero-order valence-corrected chi connectivity index (χ0v) is 14.2. The van der Waals surface area contributed by atoms with Gasteiger partial charge in [0.1, 0.15) is 0 Å². The normalized spacial score (nSPS) is 24.8. The van der Waals surface area contributed by atoms with E-state index < -0.39 is 6.09 Å². The van der Waals surface area contributed by atoms with Crippen molar-refractivity contribution in [2.45, 2.75) is 19.9 Å². The molecule has 0 aromatic heterocycles. The predicted octanol–water partition coefficient (Wildman–Crippen LogP) is 0.235. The van der Waals surface area contributed by atoms with Crippen LogP contribution in [0.2, 0.25) is 0 Å². The number of rotatable bonds is 1. The first-order chi connectivity index (χ1) is 11.4. The molecule has 1 amide bonds. The lowest BCUT2D eigenvalue weighted by Crippen LogP contribution is -3.10. The number of hydrogen-bond acceptors (Lipinski definition) is 5. The Labute approximate surface area is 140 Å². The number of carbonyl (C=O) groups excluding carboxylic acids is 1. The highest BCUT2D eigenvalue weighted by molar-refractivity contribution is 5.85. The highest BCUT2D eigenvalue weighted by Gasteiger charge is 2.43. The van der Waals surface area contributed by atoms with Crippen LogP contribution in [-0.4, -0.2) is 76.0 Å². The van der Waals surface area contributed by atoms with Crippen LogP contribution in [0.3, 0.4) is 0 Å². The van der Waals surface area contributed by atoms with Gasteiger partial charge in [-0.25, -0.2) is 10.0 Å². The molecule has 0 bridgehead atoms. The van der Waals surface area contributed by atoms with Gasteiger partial charge in [-0.2, -0.15) is 0 Å². The molecular weight excluding hydrogens is 312 g/mol. The van der Waals surface area contributed by atoms with Crippen molar-refractivity contribution < 1.29 is 29.7 Å². The molecule has 2 aliphatic rings. The SMILES string of the molecule is CC1=[N+](O)c2c(OC(=O)N3CCN(C)CC3)cccc2[NH+](O)C1C. The minimum absolute atomic E-state index is 0.158. The lowest BCUT2D eigenvalue weighted by atomic mass is 10.1. The molecule has 3 rings (SSSR count). The van der Waals surface area contributed by atoms with Crippen LogP contribution in [-0.2, 0) is 0 Å². The molecule has 8 nitrogen and oxygen atoms in total. The maximum atomic E-state index is 12.4. The predicted molar refractivity (Wildman–Crippen MR) is 85.8 cm³/mol. The zero-order valence-electron chi connectivity index (χ0n) is 14.2. The van der Waals surface area contributed by atoms with E-state index in [1.54, 1.807) is 36.9 Å². The smallest absolute Gasteiger partial charge is 0.403 e. The second-order valence-corrected chi connectivity index (χ2v) is 6.37. The van der Waals surface area contributed by atoms with Gasteiger partial charge < -0.3 is 14.5 Å². The molecule has 0 aliphatic carbocycles. The third-order valence-corrected chi connectivity index (χ3v) is 4.82. The lowest BCUT2D eigenvalue weighted by molar-refractivity contribution is -1.05. The monoisotopic (exact) mass is 336 g/mol. The Morgan fingerprint density at radius 3 is 2.67 bits per heavy atom. The molecule has 2 aliphatic heterocycles. The summed E-state index contributed by atoms with van der Waals surface area (Å²) >= 11 is 0. The number of fused-ring (bicyclic) bond motifs is 1. The fourth-order valence-corrected chi connectivity index (χ4v) is 2.97.